The number of hydrogen-bond acceptors (Lipinski definition) is 9. The molecular formula is C33H53N3O8. The van der Waals surface area contributed by atoms with E-state index in [-0.39, 0.29) is 43.5 Å². The number of piperazine rings is 1. The van der Waals surface area contributed by atoms with Crippen LogP contribution < -0.4 is 0 Å². The monoisotopic (exact) mass is 619 g/mol. The number of esters is 1. The summed E-state index contributed by atoms with van der Waals surface area (Å²) in [4.78, 5) is 43.5. The third-order valence-electron chi connectivity index (χ3n) is 8.78. The highest BCUT2D eigenvalue weighted by atomic mass is 16.6. The number of likely N-dealkylation sites (tertiary alicyclic amines) is 1. The number of cyclic esters (lactones) is 1. The zero-order valence-corrected chi connectivity index (χ0v) is 27.2. The smallest absolute Gasteiger partial charge is 0.410 e. The summed E-state index contributed by atoms with van der Waals surface area (Å²) in [6.07, 6.45) is 10.4. The first-order chi connectivity index (χ1) is 20.9. The standard InChI is InChI=1S/C33H53N3O8/c1-24(23-42-32(40)36-17-9-12-27(36)22-37)10-8-11-25(2)30-26(3)14-15-28(33(4,41)16-7-6-13-29(38)44-30)43-31(39)35-20-18-34(5)19-21-35/h8,10-11,14-15,24,26-28,30,37,41H,6-7,9,12-13,16-23H2,1-5H3/b10-8+,15-14+,25-11+/t24-,26+,27+,28+,30-,33-/m1/s1. The van der Waals surface area contributed by atoms with Gasteiger partial charge in [-0.25, -0.2) is 9.59 Å². The van der Waals surface area contributed by atoms with E-state index in [1.54, 1.807) is 22.8 Å². The number of rotatable bonds is 7. The van der Waals surface area contributed by atoms with E-state index in [1.807, 2.05) is 52.1 Å². The molecule has 2 amide bonds. The van der Waals surface area contributed by atoms with Crippen molar-refractivity contribution in [1.29, 1.82) is 0 Å². The van der Waals surface area contributed by atoms with Crippen LogP contribution in [0, 0.1) is 11.8 Å². The fraction of sp³-hybridized carbons (Fsp3) is 0.727. The summed E-state index contributed by atoms with van der Waals surface area (Å²) in [6, 6.07) is -0.172. The number of carbonyl (C=O) groups excluding carboxylic acids is 3. The number of hydrogen-bond donors (Lipinski definition) is 2. The van der Waals surface area contributed by atoms with Crippen molar-refractivity contribution in [2.75, 3.05) is 53.0 Å². The van der Waals surface area contributed by atoms with Crippen molar-refractivity contribution in [2.45, 2.75) is 90.1 Å². The van der Waals surface area contributed by atoms with Crippen LogP contribution in [-0.4, -0.2) is 120 Å². The Bertz CT molecular complexity index is 1050. The lowest BCUT2D eigenvalue weighted by molar-refractivity contribution is -0.149. The van der Waals surface area contributed by atoms with E-state index in [0.29, 0.717) is 38.9 Å². The Hall–Kier alpha value is -2.89. The van der Waals surface area contributed by atoms with Gasteiger partial charge in [-0.2, -0.15) is 0 Å². The Balaban J connectivity index is 1.66. The highest BCUT2D eigenvalue weighted by molar-refractivity contribution is 5.70. The molecule has 248 valence electrons. The van der Waals surface area contributed by atoms with Crippen molar-refractivity contribution in [1.82, 2.24) is 14.7 Å². The predicted molar refractivity (Wildman–Crippen MR) is 167 cm³/mol. The van der Waals surface area contributed by atoms with E-state index in [1.165, 1.54) is 0 Å². The fourth-order valence-corrected chi connectivity index (χ4v) is 5.73. The van der Waals surface area contributed by atoms with Crippen LogP contribution in [0.1, 0.15) is 66.2 Å². The Morgan fingerprint density at radius 3 is 2.57 bits per heavy atom. The predicted octanol–water partition coefficient (Wildman–Crippen LogP) is 3.90. The summed E-state index contributed by atoms with van der Waals surface area (Å²) in [7, 11) is 2.02. The summed E-state index contributed by atoms with van der Waals surface area (Å²) in [5.41, 5.74) is -0.466. The van der Waals surface area contributed by atoms with E-state index in [9.17, 15) is 24.6 Å². The van der Waals surface area contributed by atoms with Crippen LogP contribution in [0.3, 0.4) is 0 Å². The lowest BCUT2D eigenvalue weighted by atomic mass is 9.89. The summed E-state index contributed by atoms with van der Waals surface area (Å²) in [5.74, 6) is -0.608. The lowest BCUT2D eigenvalue weighted by Crippen LogP contribution is -2.50. The van der Waals surface area contributed by atoms with Gasteiger partial charge in [-0.05, 0) is 64.6 Å². The molecule has 2 fully saturated rings. The molecule has 3 rings (SSSR count). The second-order valence-electron chi connectivity index (χ2n) is 12.8. The first kappa shape index (κ1) is 35.6. The zero-order valence-electron chi connectivity index (χ0n) is 27.2. The van der Waals surface area contributed by atoms with Gasteiger partial charge in [0, 0.05) is 51.0 Å². The number of amides is 2. The van der Waals surface area contributed by atoms with Crippen LogP contribution in [-0.2, 0) is 19.0 Å². The average molecular weight is 620 g/mol. The van der Waals surface area contributed by atoms with E-state index in [0.717, 1.165) is 31.5 Å². The molecule has 0 radical (unpaired) electrons. The minimum atomic E-state index is -1.29. The van der Waals surface area contributed by atoms with Crippen LogP contribution in [0.25, 0.3) is 0 Å². The topological polar surface area (TPSA) is 129 Å². The molecule has 0 saturated carbocycles. The van der Waals surface area contributed by atoms with E-state index in [2.05, 4.69) is 4.90 Å². The number of nitrogens with zero attached hydrogens (tertiary/aromatic N) is 3. The minimum Gasteiger partial charge on any atom is -0.457 e. The number of aliphatic hydroxyl groups excluding tert-OH is 1. The molecule has 0 aromatic rings. The molecule has 0 bridgehead atoms. The highest BCUT2D eigenvalue weighted by Crippen LogP contribution is 2.27. The van der Waals surface area contributed by atoms with Crippen molar-refractivity contribution in [2.24, 2.45) is 11.8 Å². The van der Waals surface area contributed by atoms with E-state index >= 15 is 0 Å². The maximum atomic E-state index is 13.0. The minimum absolute atomic E-state index is 0.0488. The molecular weight excluding hydrogens is 566 g/mol. The van der Waals surface area contributed by atoms with Crippen molar-refractivity contribution in [3.63, 3.8) is 0 Å². The first-order valence-corrected chi connectivity index (χ1v) is 16.0. The third-order valence-corrected chi connectivity index (χ3v) is 8.78. The number of aliphatic hydroxyl groups is 2. The van der Waals surface area contributed by atoms with Crippen LogP contribution in [0.2, 0.25) is 0 Å². The Morgan fingerprint density at radius 2 is 1.86 bits per heavy atom. The van der Waals surface area contributed by atoms with Crippen LogP contribution in [0.15, 0.2) is 36.0 Å². The molecule has 3 aliphatic heterocycles. The molecule has 3 aliphatic rings. The Labute approximate surface area is 262 Å². The molecule has 2 N–H and O–H groups in total. The van der Waals surface area contributed by atoms with E-state index in [4.69, 9.17) is 14.2 Å². The second-order valence-corrected chi connectivity index (χ2v) is 12.8. The first-order valence-electron chi connectivity index (χ1n) is 16.0. The van der Waals surface area contributed by atoms with Crippen molar-refractivity contribution >= 4 is 18.2 Å². The normalized spacial score (nSPS) is 31.2. The van der Waals surface area contributed by atoms with Crippen LogP contribution in [0.5, 0.6) is 0 Å². The number of ether oxygens (including phenoxy) is 3. The number of carbonyl (C=O) groups is 3. The van der Waals surface area contributed by atoms with E-state index < -0.39 is 30.0 Å². The number of allylic oxidation sites excluding steroid dienone is 2. The molecule has 6 atom stereocenters. The van der Waals surface area contributed by atoms with Crippen LogP contribution >= 0.6 is 0 Å². The van der Waals surface area contributed by atoms with Gasteiger partial charge in [0.1, 0.15) is 11.7 Å². The van der Waals surface area contributed by atoms with Crippen molar-refractivity contribution < 1.29 is 38.8 Å². The summed E-state index contributed by atoms with van der Waals surface area (Å²) >= 11 is 0. The van der Waals surface area contributed by atoms with Gasteiger partial charge in [-0.3, -0.25) is 4.79 Å². The molecule has 0 spiro atoms. The van der Waals surface area contributed by atoms with Crippen LogP contribution in [0.4, 0.5) is 9.59 Å². The SMILES string of the molecule is C/C(=C\C=C\[C@@H](C)COC(=O)N1CCC[C@H]1CO)[C@H]1OC(=O)CCCC[C@@](C)(O)[C@@H](OC(=O)N2CCN(C)CC2)/C=C/[C@@H]1C. The van der Waals surface area contributed by atoms with Gasteiger partial charge < -0.3 is 39.1 Å². The zero-order chi connectivity index (χ0) is 32.3. The maximum Gasteiger partial charge on any atom is 0.410 e. The lowest BCUT2D eigenvalue weighted by Gasteiger charge is -2.36. The molecule has 0 unspecified atom stereocenters. The molecule has 0 aliphatic carbocycles. The summed E-state index contributed by atoms with van der Waals surface area (Å²) in [5, 5.41) is 20.8. The maximum absolute atomic E-state index is 13.0. The highest BCUT2D eigenvalue weighted by Gasteiger charge is 2.36. The Morgan fingerprint density at radius 1 is 1.14 bits per heavy atom. The molecule has 0 aromatic heterocycles. The quantitative estimate of drug-likeness (QED) is 0.189. The van der Waals surface area contributed by atoms with Gasteiger partial charge in [-0.1, -0.05) is 38.2 Å². The summed E-state index contributed by atoms with van der Waals surface area (Å²) < 4.78 is 17.3. The van der Waals surface area contributed by atoms with Crippen molar-refractivity contribution in [3.8, 4) is 0 Å². The van der Waals surface area contributed by atoms with Gasteiger partial charge in [0.15, 0.2) is 6.10 Å². The third kappa shape index (κ3) is 10.6. The van der Waals surface area contributed by atoms with Gasteiger partial charge in [0.05, 0.1) is 19.3 Å². The molecule has 11 heteroatoms. The van der Waals surface area contributed by atoms with Gasteiger partial charge in [0.25, 0.3) is 0 Å². The molecule has 11 nitrogen and oxygen atoms in total. The van der Waals surface area contributed by atoms with Crippen molar-refractivity contribution in [3.05, 3.63) is 36.0 Å². The molecule has 2 saturated heterocycles. The molecule has 0 aromatic carbocycles. The summed E-state index contributed by atoms with van der Waals surface area (Å²) in [6.45, 7) is 10.9. The largest absolute Gasteiger partial charge is 0.457 e. The average Bonchev–Trinajstić information content (AvgIpc) is 3.47. The Kier molecular flexibility index (Phi) is 13.7. The fourth-order valence-electron chi connectivity index (χ4n) is 5.73. The van der Waals surface area contributed by atoms with Gasteiger partial charge in [-0.15, -0.1) is 0 Å². The van der Waals surface area contributed by atoms with Gasteiger partial charge in [0.2, 0.25) is 0 Å². The molecule has 44 heavy (non-hydrogen) atoms. The number of likely N-dealkylation sites (N-methyl/N-ethyl adjacent to an activating group) is 1. The van der Waals surface area contributed by atoms with Gasteiger partial charge >= 0.3 is 18.2 Å². The second kappa shape index (κ2) is 17.0. The molecule has 3 heterocycles.